The van der Waals surface area contributed by atoms with Crippen LogP contribution in [-0.2, 0) is 6.61 Å². The quantitative estimate of drug-likeness (QED) is 0.272. The molecule has 0 amide bonds. The zero-order valence-corrected chi connectivity index (χ0v) is 16.3. The van der Waals surface area contributed by atoms with Crippen molar-refractivity contribution in [2.24, 2.45) is 0 Å². The first-order chi connectivity index (χ1) is 14.2. The Hall–Kier alpha value is -3.50. The Bertz CT molecular complexity index is 1130. The molecule has 0 bridgehead atoms. The molecule has 29 heavy (non-hydrogen) atoms. The highest BCUT2D eigenvalue weighted by atomic mass is 35.5. The summed E-state index contributed by atoms with van der Waals surface area (Å²) in [4.78, 5) is 12.4. The molecule has 2 aromatic carbocycles. The van der Waals surface area contributed by atoms with Crippen molar-refractivity contribution < 1.29 is 13.9 Å². The number of allylic oxidation sites excluding steroid dienone is 1. The van der Waals surface area contributed by atoms with Crippen LogP contribution in [0.2, 0.25) is 5.02 Å². The van der Waals surface area contributed by atoms with E-state index in [9.17, 15) is 4.79 Å². The summed E-state index contributed by atoms with van der Waals surface area (Å²) < 4.78 is 13.3. The molecule has 4 nitrogen and oxygen atoms in total. The van der Waals surface area contributed by atoms with E-state index in [0.717, 1.165) is 5.69 Å². The fraction of sp³-hybridized carbons (Fsp3) is 0.0417. The van der Waals surface area contributed by atoms with Crippen LogP contribution in [0.15, 0.2) is 95.7 Å². The van der Waals surface area contributed by atoms with Crippen molar-refractivity contribution >= 4 is 23.5 Å². The molecule has 0 N–H and O–H groups in total. The summed E-state index contributed by atoms with van der Waals surface area (Å²) in [6, 6.07) is 22.2. The van der Waals surface area contributed by atoms with Crippen molar-refractivity contribution in [3.63, 3.8) is 0 Å². The molecule has 0 aliphatic rings. The molecule has 0 saturated carbocycles. The van der Waals surface area contributed by atoms with Crippen LogP contribution in [0.1, 0.15) is 21.9 Å². The highest BCUT2D eigenvalue weighted by molar-refractivity contribution is 6.30. The third kappa shape index (κ3) is 4.86. The molecule has 144 valence electrons. The van der Waals surface area contributed by atoms with Gasteiger partial charge in [0, 0.05) is 28.7 Å². The summed E-state index contributed by atoms with van der Waals surface area (Å²) in [5.74, 6) is 1.84. The first-order valence-corrected chi connectivity index (χ1v) is 9.48. The molecule has 0 saturated heterocycles. The monoisotopic (exact) mass is 403 g/mol. The van der Waals surface area contributed by atoms with Crippen molar-refractivity contribution in [3.05, 3.63) is 113 Å². The third-order valence-electron chi connectivity index (χ3n) is 4.31. The second kappa shape index (κ2) is 8.67. The number of halogens is 1. The summed E-state index contributed by atoms with van der Waals surface area (Å²) in [6.45, 7) is 0.281. The van der Waals surface area contributed by atoms with Gasteiger partial charge in [-0.05, 0) is 78.9 Å². The van der Waals surface area contributed by atoms with E-state index in [0.29, 0.717) is 27.9 Å². The zero-order valence-electron chi connectivity index (χ0n) is 15.5. The molecule has 0 fully saturated rings. The molecule has 4 rings (SSSR count). The van der Waals surface area contributed by atoms with E-state index < -0.39 is 0 Å². The predicted molar refractivity (Wildman–Crippen MR) is 114 cm³/mol. The van der Waals surface area contributed by atoms with Crippen LogP contribution in [0, 0.1) is 0 Å². The van der Waals surface area contributed by atoms with Crippen molar-refractivity contribution in [2.45, 2.75) is 6.61 Å². The lowest BCUT2D eigenvalue weighted by atomic mass is 10.1. The fourth-order valence-electron chi connectivity index (χ4n) is 2.83. The van der Waals surface area contributed by atoms with Gasteiger partial charge in [-0.1, -0.05) is 17.7 Å². The van der Waals surface area contributed by atoms with Crippen LogP contribution < -0.4 is 4.74 Å². The predicted octanol–water partition coefficient (Wildman–Crippen LogP) is 6.20. The lowest BCUT2D eigenvalue weighted by Gasteiger charge is -2.04. The Morgan fingerprint density at radius 3 is 2.55 bits per heavy atom. The number of hydrogen-bond acceptors (Lipinski definition) is 3. The summed E-state index contributed by atoms with van der Waals surface area (Å²) in [6.07, 6.45) is 7.08. The molecule has 0 radical (unpaired) electrons. The van der Waals surface area contributed by atoms with E-state index >= 15 is 0 Å². The summed E-state index contributed by atoms with van der Waals surface area (Å²) in [5, 5.41) is 0.616. The van der Waals surface area contributed by atoms with Crippen LogP contribution in [0.25, 0.3) is 11.8 Å². The number of carbonyl (C=O) groups is 1. The highest BCUT2D eigenvalue weighted by Crippen LogP contribution is 2.19. The average molecular weight is 404 g/mol. The minimum Gasteiger partial charge on any atom is -0.486 e. The number of ketones is 1. The van der Waals surface area contributed by atoms with Gasteiger partial charge in [-0.3, -0.25) is 4.79 Å². The number of hydrogen-bond donors (Lipinski definition) is 0. The standard InChI is InChI=1S/C24H18ClNO3/c25-19-4-3-5-22(16-19)28-17-23-11-10-21(29-23)12-13-24(27)18-6-8-20(9-7-18)26-14-1-2-15-26/h1-16H,17H2/b13-12+. The van der Waals surface area contributed by atoms with Gasteiger partial charge in [-0.2, -0.15) is 0 Å². The molecule has 0 spiro atoms. The highest BCUT2D eigenvalue weighted by Gasteiger charge is 2.05. The largest absolute Gasteiger partial charge is 0.486 e. The van der Waals surface area contributed by atoms with Crippen LogP contribution in [0.5, 0.6) is 5.75 Å². The first-order valence-electron chi connectivity index (χ1n) is 9.10. The Morgan fingerprint density at radius 2 is 1.79 bits per heavy atom. The van der Waals surface area contributed by atoms with Gasteiger partial charge >= 0.3 is 0 Å². The normalized spacial score (nSPS) is 11.1. The minimum absolute atomic E-state index is 0.0859. The molecule has 0 aliphatic heterocycles. The Kier molecular flexibility index (Phi) is 5.63. The molecule has 5 heteroatoms. The molecule has 4 aromatic rings. The smallest absolute Gasteiger partial charge is 0.185 e. The maximum Gasteiger partial charge on any atom is 0.185 e. The number of aromatic nitrogens is 1. The molecule has 0 atom stereocenters. The van der Waals surface area contributed by atoms with Crippen molar-refractivity contribution in [3.8, 4) is 11.4 Å². The lowest BCUT2D eigenvalue weighted by molar-refractivity contribution is 0.104. The zero-order chi connectivity index (χ0) is 20.1. The first kappa shape index (κ1) is 18.8. The van der Waals surface area contributed by atoms with E-state index in [1.54, 1.807) is 24.3 Å². The number of ether oxygens (including phenoxy) is 1. The number of benzene rings is 2. The Morgan fingerprint density at radius 1 is 1.00 bits per heavy atom. The van der Waals surface area contributed by atoms with Gasteiger partial charge in [-0.15, -0.1) is 0 Å². The van der Waals surface area contributed by atoms with Gasteiger partial charge in [0.2, 0.25) is 0 Å². The van der Waals surface area contributed by atoms with Crippen LogP contribution >= 0.6 is 11.6 Å². The summed E-state index contributed by atoms with van der Waals surface area (Å²) in [5.41, 5.74) is 1.62. The molecule has 0 unspecified atom stereocenters. The van der Waals surface area contributed by atoms with Crippen molar-refractivity contribution in [1.82, 2.24) is 4.57 Å². The van der Waals surface area contributed by atoms with Crippen LogP contribution in [0.4, 0.5) is 0 Å². The minimum atomic E-state index is -0.0859. The third-order valence-corrected chi connectivity index (χ3v) is 4.55. The average Bonchev–Trinajstić information content (AvgIpc) is 3.43. The molecule has 2 aromatic heterocycles. The fourth-order valence-corrected chi connectivity index (χ4v) is 3.01. The van der Waals surface area contributed by atoms with E-state index in [1.165, 1.54) is 6.08 Å². The van der Waals surface area contributed by atoms with E-state index in [2.05, 4.69) is 0 Å². The van der Waals surface area contributed by atoms with Crippen LogP contribution in [-0.4, -0.2) is 10.4 Å². The van der Waals surface area contributed by atoms with Gasteiger partial charge in [0.05, 0.1) is 0 Å². The molecular weight excluding hydrogens is 386 g/mol. The number of furan rings is 1. The maximum absolute atomic E-state index is 12.4. The topological polar surface area (TPSA) is 44.4 Å². The van der Waals surface area contributed by atoms with Gasteiger partial charge < -0.3 is 13.7 Å². The van der Waals surface area contributed by atoms with Crippen LogP contribution in [0.3, 0.4) is 0 Å². The second-order valence-electron chi connectivity index (χ2n) is 6.38. The Balaban J connectivity index is 1.36. The molecular formula is C24H18ClNO3. The maximum atomic E-state index is 12.4. The molecule has 0 aliphatic carbocycles. The van der Waals surface area contributed by atoms with E-state index in [1.807, 2.05) is 71.6 Å². The van der Waals surface area contributed by atoms with Gasteiger partial charge in [0.1, 0.15) is 23.9 Å². The SMILES string of the molecule is O=C(/C=C/c1ccc(COc2cccc(Cl)c2)o1)c1ccc(-n2cccc2)cc1. The summed E-state index contributed by atoms with van der Waals surface area (Å²) in [7, 11) is 0. The van der Waals surface area contributed by atoms with Crippen molar-refractivity contribution in [1.29, 1.82) is 0 Å². The summed E-state index contributed by atoms with van der Waals surface area (Å²) >= 11 is 5.94. The number of carbonyl (C=O) groups excluding carboxylic acids is 1. The number of rotatable bonds is 7. The van der Waals surface area contributed by atoms with Gasteiger partial charge in [0.15, 0.2) is 5.78 Å². The van der Waals surface area contributed by atoms with Gasteiger partial charge in [-0.25, -0.2) is 0 Å². The lowest BCUT2D eigenvalue weighted by Crippen LogP contribution is -1.96. The molecule has 2 heterocycles. The van der Waals surface area contributed by atoms with Gasteiger partial charge in [0.25, 0.3) is 0 Å². The number of nitrogens with zero attached hydrogens (tertiary/aromatic N) is 1. The Labute approximate surface area is 173 Å². The van der Waals surface area contributed by atoms with E-state index in [4.69, 9.17) is 20.8 Å². The van der Waals surface area contributed by atoms with E-state index in [-0.39, 0.29) is 12.4 Å². The second-order valence-corrected chi connectivity index (χ2v) is 6.82. The van der Waals surface area contributed by atoms with Crippen molar-refractivity contribution in [2.75, 3.05) is 0 Å².